The first kappa shape index (κ1) is 20.1. The molecule has 1 atom stereocenters. The van der Waals surface area contributed by atoms with Crippen molar-refractivity contribution in [2.45, 2.75) is 6.17 Å². The lowest BCUT2D eigenvalue weighted by Gasteiger charge is -2.14. The topological polar surface area (TPSA) is 103 Å². The number of para-hydroxylation sites is 1. The van der Waals surface area contributed by atoms with Crippen molar-refractivity contribution in [1.29, 1.82) is 0 Å². The summed E-state index contributed by atoms with van der Waals surface area (Å²) in [6.45, 7) is 0. The highest BCUT2D eigenvalue weighted by atomic mass is 35.5. The van der Waals surface area contributed by atoms with Crippen LogP contribution in [-0.2, 0) is 14.4 Å². The lowest BCUT2D eigenvalue weighted by atomic mass is 10.3. The Morgan fingerprint density at radius 1 is 0.920 bits per heavy atom. The van der Waals surface area contributed by atoms with Gasteiger partial charge in [-0.2, -0.15) is 9.99 Å². The van der Waals surface area contributed by atoms with Crippen LogP contribution in [0.25, 0.3) is 0 Å². The van der Waals surface area contributed by atoms with Crippen molar-refractivity contribution in [2.24, 2.45) is 0 Å². The minimum absolute atomic E-state index is 0. The molecule has 2 rings (SSSR count). The standard InChI is InChI=1S/C16H17N5O3.ClH/c1-17-15(23)16(24)20-19-13(21-10-6-3-7-11-21)14(22)18-12-8-4-2-5-9-12;/h2-11,13H,1H3,(H3-,17,18,19,20,22,23,24);1H. The Morgan fingerprint density at radius 3 is 2.12 bits per heavy atom. The molecule has 8 nitrogen and oxygen atoms in total. The highest BCUT2D eigenvalue weighted by molar-refractivity contribution is 6.34. The van der Waals surface area contributed by atoms with Crippen molar-refractivity contribution in [3.63, 3.8) is 0 Å². The number of benzene rings is 1. The van der Waals surface area contributed by atoms with Gasteiger partial charge in [0.05, 0.1) is 0 Å². The lowest BCUT2D eigenvalue weighted by molar-refractivity contribution is -0.715. The van der Waals surface area contributed by atoms with E-state index in [2.05, 4.69) is 21.5 Å². The quantitative estimate of drug-likeness (QED) is 0.251. The van der Waals surface area contributed by atoms with Gasteiger partial charge in [-0.25, -0.2) is 0 Å². The fourth-order valence-electron chi connectivity index (χ4n) is 1.90. The fourth-order valence-corrected chi connectivity index (χ4v) is 1.90. The summed E-state index contributed by atoms with van der Waals surface area (Å²) in [5.74, 6) is -2.12. The molecule has 1 heterocycles. The maximum absolute atomic E-state index is 12.5. The molecule has 1 aromatic carbocycles. The smallest absolute Gasteiger partial charge is 0.323 e. The molecule has 4 N–H and O–H groups in total. The van der Waals surface area contributed by atoms with Gasteiger partial charge in [-0.1, -0.05) is 24.3 Å². The van der Waals surface area contributed by atoms with Gasteiger partial charge in [-0.3, -0.25) is 19.8 Å². The Balaban J connectivity index is 0.00000312. The Bertz CT molecular complexity index is 712. The van der Waals surface area contributed by atoms with Crippen LogP contribution < -0.4 is 38.5 Å². The third kappa shape index (κ3) is 5.87. The minimum atomic E-state index is -0.944. The second-order valence-corrected chi connectivity index (χ2v) is 4.76. The van der Waals surface area contributed by atoms with Crippen molar-refractivity contribution < 1.29 is 31.4 Å². The molecule has 25 heavy (non-hydrogen) atoms. The molecule has 0 aliphatic rings. The summed E-state index contributed by atoms with van der Waals surface area (Å²) in [4.78, 5) is 35.3. The summed E-state index contributed by atoms with van der Waals surface area (Å²) in [5.41, 5.74) is 5.39. The molecule has 9 heteroatoms. The van der Waals surface area contributed by atoms with Gasteiger partial charge < -0.3 is 23.0 Å². The number of carbonyl (C=O) groups excluding carboxylic acids is 3. The molecule has 1 aromatic heterocycles. The summed E-state index contributed by atoms with van der Waals surface area (Å²) < 4.78 is 1.56. The van der Waals surface area contributed by atoms with Crippen LogP contribution in [0.3, 0.4) is 0 Å². The van der Waals surface area contributed by atoms with Crippen LogP contribution in [0.2, 0.25) is 0 Å². The van der Waals surface area contributed by atoms with Crippen molar-refractivity contribution >= 4 is 23.4 Å². The second-order valence-electron chi connectivity index (χ2n) is 4.76. The van der Waals surface area contributed by atoms with E-state index in [0.29, 0.717) is 5.69 Å². The molecule has 0 bridgehead atoms. The minimum Gasteiger partial charge on any atom is -1.00 e. The first-order chi connectivity index (χ1) is 11.6. The van der Waals surface area contributed by atoms with E-state index < -0.39 is 23.9 Å². The van der Waals surface area contributed by atoms with E-state index in [9.17, 15) is 14.4 Å². The van der Waals surface area contributed by atoms with Crippen LogP contribution in [-0.4, -0.2) is 24.8 Å². The van der Waals surface area contributed by atoms with Crippen molar-refractivity contribution in [1.82, 2.24) is 16.2 Å². The van der Waals surface area contributed by atoms with Crippen LogP contribution in [0.5, 0.6) is 0 Å². The molecule has 0 radical (unpaired) electrons. The Labute approximate surface area is 151 Å². The molecule has 132 valence electrons. The molecule has 0 spiro atoms. The van der Waals surface area contributed by atoms with Crippen molar-refractivity contribution in [3.05, 3.63) is 60.9 Å². The maximum atomic E-state index is 12.5. The van der Waals surface area contributed by atoms with Crippen LogP contribution in [0.15, 0.2) is 60.9 Å². The Morgan fingerprint density at radius 2 is 1.52 bits per heavy atom. The van der Waals surface area contributed by atoms with Crippen LogP contribution in [0.4, 0.5) is 5.69 Å². The number of hydrogen-bond acceptors (Lipinski definition) is 4. The summed E-state index contributed by atoms with van der Waals surface area (Å²) >= 11 is 0. The van der Waals surface area contributed by atoms with Crippen LogP contribution >= 0.6 is 0 Å². The number of carbonyl (C=O) groups is 3. The van der Waals surface area contributed by atoms with E-state index >= 15 is 0 Å². The molecule has 1 unspecified atom stereocenters. The zero-order valence-corrected chi connectivity index (χ0v) is 14.2. The third-order valence-corrected chi connectivity index (χ3v) is 3.08. The monoisotopic (exact) mass is 363 g/mol. The number of halogens is 1. The Kier molecular flexibility index (Phi) is 8.04. The van der Waals surface area contributed by atoms with E-state index in [0.717, 1.165) is 0 Å². The Hall–Kier alpha value is -2.97. The highest BCUT2D eigenvalue weighted by Gasteiger charge is 2.28. The molecule has 2 aromatic rings. The average Bonchev–Trinajstić information content (AvgIpc) is 2.62. The first-order valence-electron chi connectivity index (χ1n) is 7.21. The van der Waals surface area contributed by atoms with Gasteiger partial charge in [-0.15, -0.1) is 0 Å². The number of aromatic nitrogens is 1. The molecule has 3 amide bonds. The zero-order chi connectivity index (χ0) is 17.4. The van der Waals surface area contributed by atoms with E-state index in [1.54, 1.807) is 59.4 Å². The highest BCUT2D eigenvalue weighted by Crippen LogP contribution is 2.06. The maximum Gasteiger partial charge on any atom is 0.323 e. The van der Waals surface area contributed by atoms with Gasteiger partial charge in [0, 0.05) is 24.9 Å². The molecular weight excluding hydrogens is 346 g/mol. The number of pyridine rings is 1. The number of nitrogens with one attached hydrogen (secondary N) is 4. The van der Waals surface area contributed by atoms with E-state index in [1.807, 2.05) is 6.07 Å². The van der Waals surface area contributed by atoms with Gasteiger partial charge in [-0.05, 0) is 12.1 Å². The van der Waals surface area contributed by atoms with Gasteiger partial charge in [0.25, 0.3) is 0 Å². The molecule has 0 fully saturated rings. The van der Waals surface area contributed by atoms with Crippen LogP contribution in [0, 0.1) is 0 Å². The summed E-state index contributed by atoms with van der Waals surface area (Å²) in [7, 11) is 1.34. The first-order valence-corrected chi connectivity index (χ1v) is 7.21. The van der Waals surface area contributed by atoms with E-state index in [1.165, 1.54) is 7.05 Å². The van der Waals surface area contributed by atoms with Gasteiger partial charge >= 0.3 is 23.9 Å². The fraction of sp³-hybridized carbons (Fsp3) is 0.125. The number of nitrogens with zero attached hydrogens (tertiary/aromatic N) is 1. The van der Waals surface area contributed by atoms with Crippen molar-refractivity contribution in [2.75, 3.05) is 12.4 Å². The second kappa shape index (κ2) is 10.0. The number of hydrazine groups is 1. The average molecular weight is 364 g/mol. The molecule has 0 saturated carbocycles. The number of rotatable bonds is 5. The molecule has 0 aliphatic carbocycles. The predicted octanol–water partition coefficient (Wildman–Crippen LogP) is -3.52. The molecule has 0 aliphatic heterocycles. The lowest BCUT2D eigenvalue weighted by Crippen LogP contribution is -3.00. The van der Waals surface area contributed by atoms with Gasteiger partial charge in [0.15, 0.2) is 12.4 Å². The molecule has 0 saturated heterocycles. The predicted molar refractivity (Wildman–Crippen MR) is 86.1 cm³/mol. The van der Waals surface area contributed by atoms with E-state index in [-0.39, 0.29) is 12.4 Å². The normalized spacial score (nSPS) is 10.8. The summed E-state index contributed by atoms with van der Waals surface area (Å²) in [6.07, 6.45) is 2.38. The van der Waals surface area contributed by atoms with Gasteiger partial charge in [0.2, 0.25) is 0 Å². The number of anilines is 1. The summed E-state index contributed by atoms with van der Waals surface area (Å²) in [6, 6.07) is 14.2. The number of amides is 3. The number of likely N-dealkylation sites (N-methyl/N-ethyl adjacent to an activating group) is 1. The SMILES string of the molecule is CNC(=O)C(=O)NNC(C(=O)Nc1ccccc1)[n+]1ccccc1.[Cl-]. The summed E-state index contributed by atoms with van der Waals surface area (Å²) in [5, 5.41) is 4.93. The number of hydrogen-bond donors (Lipinski definition) is 4. The van der Waals surface area contributed by atoms with E-state index in [4.69, 9.17) is 0 Å². The zero-order valence-electron chi connectivity index (χ0n) is 13.4. The van der Waals surface area contributed by atoms with Gasteiger partial charge in [0.1, 0.15) is 0 Å². The molecular formula is C16H18ClN5O3. The van der Waals surface area contributed by atoms with Crippen LogP contribution in [0.1, 0.15) is 6.17 Å². The van der Waals surface area contributed by atoms with Crippen molar-refractivity contribution in [3.8, 4) is 0 Å². The largest absolute Gasteiger partial charge is 1.00 e. The third-order valence-electron chi connectivity index (χ3n) is 3.08.